The fraction of sp³-hybridized carbons (Fsp3) is 0.828. The molecular formula is C58H107NO5. The molecule has 0 fully saturated rings. The predicted octanol–water partition coefficient (Wildman–Crippen LogP) is 17.0. The van der Waals surface area contributed by atoms with Crippen molar-refractivity contribution < 1.29 is 24.5 Å². The van der Waals surface area contributed by atoms with Crippen LogP contribution in [0.3, 0.4) is 0 Å². The summed E-state index contributed by atoms with van der Waals surface area (Å²) >= 11 is 0. The van der Waals surface area contributed by atoms with Crippen LogP contribution in [0.1, 0.15) is 284 Å². The first-order valence-corrected chi connectivity index (χ1v) is 27.9. The van der Waals surface area contributed by atoms with E-state index in [1.54, 1.807) is 6.08 Å². The van der Waals surface area contributed by atoms with Crippen molar-refractivity contribution in [1.29, 1.82) is 0 Å². The highest BCUT2D eigenvalue weighted by atomic mass is 16.5. The maximum absolute atomic E-state index is 12.4. The lowest BCUT2D eigenvalue weighted by molar-refractivity contribution is -0.143. The Morgan fingerprint density at radius 2 is 0.781 bits per heavy atom. The molecule has 6 nitrogen and oxygen atoms in total. The van der Waals surface area contributed by atoms with Gasteiger partial charge in [0.25, 0.3) is 0 Å². The molecule has 0 heterocycles. The topological polar surface area (TPSA) is 95.9 Å². The van der Waals surface area contributed by atoms with Crippen LogP contribution in [0.5, 0.6) is 0 Å². The van der Waals surface area contributed by atoms with Crippen molar-refractivity contribution in [3.05, 3.63) is 48.6 Å². The summed E-state index contributed by atoms with van der Waals surface area (Å²) in [5.41, 5.74) is 0. The lowest BCUT2D eigenvalue weighted by Crippen LogP contribution is -2.45. The number of hydrogen-bond acceptors (Lipinski definition) is 5. The fourth-order valence-corrected chi connectivity index (χ4v) is 8.25. The zero-order valence-corrected chi connectivity index (χ0v) is 42.5. The largest absolute Gasteiger partial charge is 0.466 e. The highest BCUT2D eigenvalue weighted by molar-refractivity contribution is 5.76. The lowest BCUT2D eigenvalue weighted by atomic mass is 10.0. The molecule has 3 N–H and O–H groups in total. The Morgan fingerprint density at radius 3 is 1.23 bits per heavy atom. The van der Waals surface area contributed by atoms with Crippen LogP contribution in [0.2, 0.25) is 0 Å². The van der Waals surface area contributed by atoms with Gasteiger partial charge in [0, 0.05) is 12.8 Å². The third-order valence-corrected chi connectivity index (χ3v) is 12.6. The molecule has 0 aliphatic carbocycles. The number of rotatable bonds is 51. The number of aliphatic hydroxyl groups is 2. The highest BCUT2D eigenvalue weighted by Gasteiger charge is 2.18. The minimum absolute atomic E-state index is 0.0279. The van der Waals surface area contributed by atoms with Gasteiger partial charge < -0.3 is 20.3 Å². The van der Waals surface area contributed by atoms with E-state index in [1.807, 2.05) is 6.08 Å². The molecule has 374 valence electrons. The molecule has 2 atom stereocenters. The summed E-state index contributed by atoms with van der Waals surface area (Å²) < 4.78 is 5.45. The molecule has 0 aromatic carbocycles. The van der Waals surface area contributed by atoms with E-state index in [0.29, 0.717) is 19.4 Å². The standard InChI is InChI=1S/C58H107NO5/c1-3-5-7-9-11-13-15-17-19-21-22-23-26-30-34-38-42-46-50-56(61)55(54-60)59-57(62)51-47-43-39-35-31-27-25-29-33-37-41-45-49-53-64-58(63)52-48-44-40-36-32-28-24-20-18-16-14-12-10-8-6-4-2/h14,16,20,24,27,31,46,50,55-56,60-61H,3-13,15,17-19,21-23,25-26,28-30,32-45,47-49,51-54H2,1-2H3,(H,59,62)/b16-14-,24-20-,31-27-,50-46+. The van der Waals surface area contributed by atoms with E-state index >= 15 is 0 Å². The van der Waals surface area contributed by atoms with Gasteiger partial charge in [-0.05, 0) is 89.9 Å². The monoisotopic (exact) mass is 898 g/mol. The number of allylic oxidation sites excluding steroid dienone is 7. The highest BCUT2D eigenvalue weighted by Crippen LogP contribution is 2.15. The Hall–Kier alpha value is -2.18. The summed E-state index contributed by atoms with van der Waals surface area (Å²) in [6.07, 6.45) is 66.9. The number of hydrogen-bond donors (Lipinski definition) is 3. The minimum atomic E-state index is -0.863. The van der Waals surface area contributed by atoms with Gasteiger partial charge in [0.1, 0.15) is 0 Å². The van der Waals surface area contributed by atoms with Gasteiger partial charge in [0.2, 0.25) is 5.91 Å². The van der Waals surface area contributed by atoms with Gasteiger partial charge in [-0.1, -0.05) is 229 Å². The molecule has 0 bridgehead atoms. The van der Waals surface area contributed by atoms with E-state index in [9.17, 15) is 19.8 Å². The summed E-state index contributed by atoms with van der Waals surface area (Å²) in [5, 5.41) is 23.1. The Morgan fingerprint density at radius 1 is 0.438 bits per heavy atom. The average molecular weight is 898 g/mol. The second-order valence-electron chi connectivity index (χ2n) is 18.9. The molecule has 0 radical (unpaired) electrons. The van der Waals surface area contributed by atoms with Crippen molar-refractivity contribution in [2.24, 2.45) is 0 Å². The van der Waals surface area contributed by atoms with Crippen molar-refractivity contribution in [3.8, 4) is 0 Å². The van der Waals surface area contributed by atoms with Gasteiger partial charge >= 0.3 is 5.97 Å². The molecule has 6 heteroatoms. The Labute approximate surface area is 397 Å². The van der Waals surface area contributed by atoms with Gasteiger partial charge in [-0.15, -0.1) is 0 Å². The molecule has 64 heavy (non-hydrogen) atoms. The van der Waals surface area contributed by atoms with Crippen LogP contribution in [0.25, 0.3) is 0 Å². The molecule has 2 unspecified atom stereocenters. The average Bonchev–Trinajstić information content (AvgIpc) is 3.29. The van der Waals surface area contributed by atoms with Crippen molar-refractivity contribution in [2.45, 2.75) is 296 Å². The maximum Gasteiger partial charge on any atom is 0.305 e. The van der Waals surface area contributed by atoms with Crippen molar-refractivity contribution in [3.63, 3.8) is 0 Å². The number of esters is 1. The molecule has 0 rings (SSSR count). The van der Waals surface area contributed by atoms with E-state index in [0.717, 1.165) is 83.5 Å². The third-order valence-electron chi connectivity index (χ3n) is 12.6. The van der Waals surface area contributed by atoms with E-state index in [2.05, 4.69) is 55.6 Å². The van der Waals surface area contributed by atoms with E-state index in [-0.39, 0.29) is 18.5 Å². The molecule has 0 aliphatic heterocycles. The van der Waals surface area contributed by atoms with Crippen molar-refractivity contribution >= 4 is 11.9 Å². The molecule has 0 spiro atoms. The normalized spacial score (nSPS) is 13.0. The van der Waals surface area contributed by atoms with Crippen LogP contribution < -0.4 is 5.32 Å². The van der Waals surface area contributed by atoms with Gasteiger partial charge in [-0.25, -0.2) is 0 Å². The lowest BCUT2D eigenvalue weighted by Gasteiger charge is -2.19. The second kappa shape index (κ2) is 53.4. The maximum atomic E-state index is 12.4. The van der Waals surface area contributed by atoms with E-state index in [4.69, 9.17) is 4.74 Å². The molecule has 0 saturated carbocycles. The Balaban J connectivity index is 3.55. The number of ether oxygens (including phenoxy) is 1. The van der Waals surface area contributed by atoms with Crippen LogP contribution in [0.4, 0.5) is 0 Å². The summed E-state index contributed by atoms with van der Waals surface area (Å²) in [6.45, 7) is 4.84. The zero-order valence-electron chi connectivity index (χ0n) is 42.5. The first-order chi connectivity index (χ1) is 31.5. The van der Waals surface area contributed by atoms with E-state index in [1.165, 1.54) is 173 Å². The van der Waals surface area contributed by atoms with Crippen molar-refractivity contribution in [2.75, 3.05) is 13.2 Å². The summed E-state index contributed by atoms with van der Waals surface area (Å²) in [7, 11) is 0. The number of aliphatic hydroxyl groups excluding tert-OH is 2. The molecule has 0 saturated heterocycles. The fourth-order valence-electron chi connectivity index (χ4n) is 8.25. The Kier molecular flexibility index (Phi) is 51.6. The van der Waals surface area contributed by atoms with Crippen LogP contribution in [-0.4, -0.2) is 47.4 Å². The summed E-state index contributed by atoms with van der Waals surface area (Å²) in [6, 6.07) is -0.650. The quantitative estimate of drug-likeness (QED) is 0.0321. The third kappa shape index (κ3) is 49.3. The van der Waals surface area contributed by atoms with Gasteiger partial charge in [0.15, 0.2) is 0 Å². The summed E-state index contributed by atoms with van der Waals surface area (Å²) in [5.74, 6) is -0.126. The molecule has 0 aromatic heterocycles. The predicted molar refractivity (Wildman–Crippen MR) is 278 cm³/mol. The molecule has 1 amide bonds. The first-order valence-electron chi connectivity index (χ1n) is 27.9. The number of unbranched alkanes of at least 4 members (excludes halogenated alkanes) is 34. The van der Waals surface area contributed by atoms with E-state index < -0.39 is 12.1 Å². The number of carbonyl (C=O) groups is 2. The van der Waals surface area contributed by atoms with Gasteiger partial charge in [0.05, 0.1) is 25.4 Å². The van der Waals surface area contributed by atoms with Crippen LogP contribution in [-0.2, 0) is 14.3 Å². The van der Waals surface area contributed by atoms with Crippen molar-refractivity contribution in [1.82, 2.24) is 5.32 Å². The summed E-state index contributed by atoms with van der Waals surface area (Å²) in [4.78, 5) is 24.5. The number of amides is 1. The SMILES string of the molecule is CCCCCC/C=C\C/C=C\CCCCCCCC(=O)OCCCCCCCC/C=C\CCCCCC(=O)NC(CO)C(O)/C=C/CCCCCCCCCCCCCCCCCC. The smallest absolute Gasteiger partial charge is 0.305 e. The molecule has 0 aliphatic rings. The zero-order chi connectivity index (χ0) is 46.5. The molecule has 0 aromatic rings. The first kappa shape index (κ1) is 61.8. The van der Waals surface area contributed by atoms with Crippen LogP contribution in [0.15, 0.2) is 48.6 Å². The number of nitrogens with one attached hydrogen (secondary N) is 1. The van der Waals surface area contributed by atoms with Gasteiger partial charge in [-0.2, -0.15) is 0 Å². The number of carbonyl (C=O) groups excluding carboxylic acids is 2. The van der Waals surface area contributed by atoms with Gasteiger partial charge in [-0.3, -0.25) is 9.59 Å². The second-order valence-corrected chi connectivity index (χ2v) is 18.9. The Bertz CT molecular complexity index is 1080. The van der Waals surface area contributed by atoms with Crippen LogP contribution in [0, 0.1) is 0 Å². The van der Waals surface area contributed by atoms with Crippen LogP contribution >= 0.6 is 0 Å². The minimum Gasteiger partial charge on any atom is -0.466 e. The molecular weight excluding hydrogens is 791 g/mol.